The fraction of sp³-hybridized carbons (Fsp3) is 0.656. The third-order valence-corrected chi connectivity index (χ3v) is 13.7. The summed E-state index contributed by atoms with van der Waals surface area (Å²) < 4.78 is 27.9. The molecule has 9 atom stereocenters. The van der Waals surface area contributed by atoms with E-state index in [4.69, 9.17) is 35.6 Å². The Balaban J connectivity index is 1.16. The van der Waals surface area contributed by atoms with Crippen LogP contribution < -0.4 is 0 Å². The molecule has 0 radical (unpaired) electrons. The zero-order chi connectivity index (χ0) is 28.4. The molecule has 9 heteroatoms. The second kappa shape index (κ2) is 8.90. The molecule has 6 aliphatic rings. The Hall–Kier alpha value is -1.26. The number of hydrogen-bond donors (Lipinski definition) is 1. The lowest BCUT2D eigenvalue weighted by atomic mass is 9.44. The number of alkyl halides is 1. The van der Waals surface area contributed by atoms with Gasteiger partial charge < -0.3 is 24.1 Å². The van der Waals surface area contributed by atoms with Gasteiger partial charge in [0.05, 0.1) is 29.4 Å². The van der Waals surface area contributed by atoms with Crippen LogP contribution in [-0.2, 0) is 31.9 Å². The number of hydrogen-bond acceptors (Lipinski definition) is 6. The van der Waals surface area contributed by atoms with E-state index < -0.39 is 22.4 Å². The summed E-state index contributed by atoms with van der Waals surface area (Å²) in [6.45, 7) is 8.29. The average molecular weight is 646 g/mol. The standard InChI is InChI=1S/C32H38BrClN2O5/c1-19-10-25-24-9-6-22-11-26-21(14-35-36(26)15-20-4-7-23(33)8-5-20)12-28(22,2)31(24,34)27(37)13-29(25,3)32(19)30(40-18-41-32)16-38-17-39-30/h4-5,7-8,11,14,19,24-25,27,37H,6,9-10,12-13,15-18H2,1-3H3/t19-,24-,25-,27-,28-,29-,30?,31-,32+/m0/s1. The lowest BCUT2D eigenvalue weighted by Gasteiger charge is -2.65. The topological polar surface area (TPSA) is 75.0 Å². The Morgan fingerprint density at radius 3 is 2.66 bits per heavy atom. The van der Waals surface area contributed by atoms with E-state index in [9.17, 15) is 5.11 Å². The van der Waals surface area contributed by atoms with Gasteiger partial charge in [-0.15, -0.1) is 11.6 Å². The molecule has 2 spiro atoms. The molecule has 220 valence electrons. The van der Waals surface area contributed by atoms with Crippen LogP contribution in [0, 0.1) is 28.6 Å². The maximum atomic E-state index is 12.3. The van der Waals surface area contributed by atoms with Gasteiger partial charge in [-0.05, 0) is 79.2 Å². The van der Waals surface area contributed by atoms with Crippen LogP contribution in [-0.4, -0.2) is 57.4 Å². The molecule has 2 saturated heterocycles. The fourth-order valence-corrected chi connectivity index (χ4v) is 11.3. The summed E-state index contributed by atoms with van der Waals surface area (Å²) in [6.07, 6.45) is 7.79. The van der Waals surface area contributed by atoms with E-state index in [-0.39, 0.29) is 42.2 Å². The third kappa shape index (κ3) is 3.26. The second-order valence-electron chi connectivity index (χ2n) is 13.8. The first-order valence-corrected chi connectivity index (χ1v) is 16.1. The van der Waals surface area contributed by atoms with E-state index in [2.05, 4.69) is 71.7 Å². The molecule has 3 heterocycles. The highest BCUT2D eigenvalue weighted by molar-refractivity contribution is 9.10. The number of aliphatic hydroxyl groups is 1. The molecule has 7 nitrogen and oxygen atoms in total. The molecule has 4 aliphatic carbocycles. The van der Waals surface area contributed by atoms with Crippen molar-refractivity contribution in [2.45, 2.75) is 81.8 Å². The number of aliphatic hydroxyl groups excluding tert-OH is 1. The third-order valence-electron chi connectivity index (χ3n) is 12.2. The summed E-state index contributed by atoms with van der Waals surface area (Å²) >= 11 is 11.5. The molecule has 1 aromatic carbocycles. The minimum atomic E-state index is -0.936. The largest absolute Gasteiger partial charge is 0.391 e. The summed E-state index contributed by atoms with van der Waals surface area (Å²) in [7, 11) is 0. The van der Waals surface area contributed by atoms with Crippen molar-refractivity contribution in [3.05, 3.63) is 57.3 Å². The maximum Gasteiger partial charge on any atom is 0.227 e. The minimum Gasteiger partial charge on any atom is -0.391 e. The molecule has 3 saturated carbocycles. The minimum absolute atomic E-state index is 0.129. The van der Waals surface area contributed by atoms with Crippen LogP contribution in [0.1, 0.15) is 63.3 Å². The highest BCUT2D eigenvalue weighted by Crippen LogP contribution is 2.75. The van der Waals surface area contributed by atoms with Gasteiger partial charge >= 0.3 is 0 Å². The average Bonchev–Trinajstić information content (AvgIpc) is 3.71. The SMILES string of the molecule is C[C@H]1C[C@H]2[C@@H]3CCC4=Cc5c(cnn5Cc5ccc(Br)cc5)C[C@]4(C)[C@@]3(Cl)[C@@H](O)C[C@]2(C)[C@]12OCOC21COCO1. The molecule has 2 aromatic rings. The summed E-state index contributed by atoms with van der Waals surface area (Å²) in [5, 5.41) is 17.1. The second-order valence-corrected chi connectivity index (χ2v) is 15.4. The highest BCUT2D eigenvalue weighted by atomic mass is 79.9. The quantitative estimate of drug-likeness (QED) is 0.410. The number of halogens is 2. The lowest BCUT2D eigenvalue weighted by molar-refractivity contribution is -0.264. The number of fused-ring (bicyclic) bond motifs is 8. The molecule has 5 fully saturated rings. The van der Waals surface area contributed by atoms with Gasteiger partial charge in [-0.3, -0.25) is 4.68 Å². The molecular weight excluding hydrogens is 608 g/mol. The highest BCUT2D eigenvalue weighted by Gasteiger charge is 2.81. The monoisotopic (exact) mass is 644 g/mol. The van der Waals surface area contributed by atoms with Gasteiger partial charge in [-0.1, -0.05) is 54.4 Å². The van der Waals surface area contributed by atoms with Crippen molar-refractivity contribution in [3.63, 3.8) is 0 Å². The van der Waals surface area contributed by atoms with E-state index in [1.807, 2.05) is 6.20 Å². The Morgan fingerprint density at radius 2 is 1.90 bits per heavy atom. The van der Waals surface area contributed by atoms with Crippen LogP contribution in [0.3, 0.4) is 0 Å². The molecule has 8 rings (SSSR count). The van der Waals surface area contributed by atoms with Crippen molar-refractivity contribution < 1.29 is 24.1 Å². The normalized spacial score (nSPS) is 46.3. The first-order valence-electron chi connectivity index (χ1n) is 14.9. The molecule has 1 unspecified atom stereocenters. The van der Waals surface area contributed by atoms with Crippen LogP contribution in [0.15, 0.2) is 40.5 Å². The van der Waals surface area contributed by atoms with Crippen LogP contribution in [0.5, 0.6) is 0 Å². The summed E-state index contributed by atoms with van der Waals surface area (Å²) in [6, 6.07) is 8.41. The summed E-state index contributed by atoms with van der Waals surface area (Å²) in [4.78, 5) is -0.794. The molecule has 41 heavy (non-hydrogen) atoms. The zero-order valence-corrected chi connectivity index (χ0v) is 26.2. The van der Waals surface area contributed by atoms with Crippen molar-refractivity contribution >= 4 is 33.6 Å². The summed E-state index contributed by atoms with van der Waals surface area (Å²) in [5.74, 6) is -0.368. The predicted octanol–water partition coefficient (Wildman–Crippen LogP) is 5.90. The smallest absolute Gasteiger partial charge is 0.227 e. The zero-order valence-electron chi connectivity index (χ0n) is 23.9. The maximum absolute atomic E-state index is 12.3. The van der Waals surface area contributed by atoms with Crippen molar-refractivity contribution in [1.82, 2.24) is 9.78 Å². The number of rotatable bonds is 2. The van der Waals surface area contributed by atoms with E-state index in [0.717, 1.165) is 36.7 Å². The lowest BCUT2D eigenvalue weighted by Crippen LogP contribution is -2.71. The van der Waals surface area contributed by atoms with E-state index in [1.165, 1.54) is 22.4 Å². The van der Waals surface area contributed by atoms with Crippen LogP contribution in [0.2, 0.25) is 0 Å². The van der Waals surface area contributed by atoms with Gasteiger partial charge in [0.2, 0.25) is 5.79 Å². The summed E-state index contributed by atoms with van der Waals surface area (Å²) in [5.41, 5.74) is 3.47. The number of ether oxygens (including phenoxy) is 4. The van der Waals surface area contributed by atoms with Crippen molar-refractivity contribution in [2.75, 3.05) is 20.2 Å². The van der Waals surface area contributed by atoms with Crippen molar-refractivity contribution in [2.24, 2.45) is 28.6 Å². The van der Waals surface area contributed by atoms with Gasteiger partial charge in [-0.2, -0.15) is 5.10 Å². The van der Waals surface area contributed by atoms with Crippen LogP contribution >= 0.6 is 27.5 Å². The Bertz CT molecular complexity index is 1420. The first-order chi connectivity index (χ1) is 19.6. The van der Waals surface area contributed by atoms with E-state index in [0.29, 0.717) is 13.0 Å². The molecule has 2 aliphatic heterocycles. The Kier molecular flexibility index (Phi) is 5.93. The molecule has 0 bridgehead atoms. The predicted molar refractivity (Wildman–Crippen MR) is 157 cm³/mol. The fourth-order valence-electron chi connectivity index (χ4n) is 10.5. The number of aromatic nitrogens is 2. The number of nitrogens with zero attached hydrogens (tertiary/aromatic N) is 2. The van der Waals surface area contributed by atoms with Gasteiger partial charge in [-0.25, -0.2) is 0 Å². The van der Waals surface area contributed by atoms with Crippen LogP contribution in [0.25, 0.3) is 6.08 Å². The number of allylic oxidation sites excluding steroid dienone is 1. The Morgan fingerprint density at radius 1 is 1.12 bits per heavy atom. The number of benzene rings is 1. The van der Waals surface area contributed by atoms with Gasteiger partial charge in [0.25, 0.3) is 0 Å². The molecule has 1 aromatic heterocycles. The first kappa shape index (κ1) is 27.3. The molecule has 0 amide bonds. The van der Waals surface area contributed by atoms with Crippen molar-refractivity contribution in [3.8, 4) is 0 Å². The van der Waals surface area contributed by atoms with E-state index in [1.54, 1.807) is 0 Å². The molecule has 1 N–H and O–H groups in total. The molecular formula is C32H38BrClN2O5. The van der Waals surface area contributed by atoms with Crippen LogP contribution in [0.4, 0.5) is 0 Å². The van der Waals surface area contributed by atoms with Gasteiger partial charge in [0.15, 0.2) is 13.6 Å². The Labute approximate surface area is 254 Å². The van der Waals surface area contributed by atoms with Gasteiger partial charge in [0.1, 0.15) is 12.2 Å². The van der Waals surface area contributed by atoms with E-state index >= 15 is 0 Å². The van der Waals surface area contributed by atoms with Gasteiger partial charge in [0, 0.05) is 15.3 Å². The van der Waals surface area contributed by atoms with Crippen molar-refractivity contribution in [1.29, 1.82) is 0 Å².